The van der Waals surface area contributed by atoms with Gasteiger partial charge in [-0.15, -0.1) is 11.3 Å². The van der Waals surface area contributed by atoms with Crippen LogP contribution < -0.4 is 14.9 Å². The van der Waals surface area contributed by atoms with E-state index in [-0.39, 0.29) is 4.21 Å². The maximum Gasteiger partial charge on any atom is 0.271 e. The smallest absolute Gasteiger partial charge is 0.271 e. The standard InChI is InChI=1S/C24H19N3O4S2/c28-24(19-10-12-20(13-11-19)27-33(29,30)23-7-4-16-32-23)26-25-17-18-8-14-22(15-9-18)31-21-5-2-1-3-6-21/h1-17,27H,(H,26,28)/b25-17+. The first-order valence-corrected chi connectivity index (χ1v) is 12.2. The van der Waals surface area contributed by atoms with Gasteiger partial charge in [0.25, 0.3) is 15.9 Å². The highest BCUT2D eigenvalue weighted by molar-refractivity contribution is 7.94. The molecular formula is C24H19N3O4S2. The Labute approximate surface area is 195 Å². The van der Waals surface area contributed by atoms with Crippen LogP contribution in [-0.4, -0.2) is 20.5 Å². The summed E-state index contributed by atoms with van der Waals surface area (Å²) in [5.41, 5.74) is 3.95. The SMILES string of the molecule is O=C(N/N=C/c1ccc(Oc2ccccc2)cc1)c1ccc(NS(=O)(=O)c2cccs2)cc1. The summed E-state index contributed by atoms with van der Waals surface area (Å²) in [5.74, 6) is 1.02. The number of nitrogens with one attached hydrogen (secondary N) is 2. The lowest BCUT2D eigenvalue weighted by Gasteiger charge is -2.07. The first-order valence-electron chi connectivity index (χ1n) is 9.82. The Balaban J connectivity index is 1.31. The average molecular weight is 478 g/mol. The molecule has 0 radical (unpaired) electrons. The van der Waals surface area contributed by atoms with Gasteiger partial charge in [-0.25, -0.2) is 13.8 Å². The first-order chi connectivity index (χ1) is 16.0. The van der Waals surface area contributed by atoms with Crippen molar-refractivity contribution in [3.63, 3.8) is 0 Å². The summed E-state index contributed by atoms with van der Waals surface area (Å²) in [6.07, 6.45) is 1.52. The van der Waals surface area contributed by atoms with Crippen LogP contribution >= 0.6 is 11.3 Å². The number of carbonyl (C=O) groups excluding carboxylic acids is 1. The number of benzene rings is 3. The zero-order chi connectivity index (χ0) is 23.1. The Morgan fingerprint density at radius 1 is 0.848 bits per heavy atom. The van der Waals surface area contributed by atoms with E-state index in [2.05, 4.69) is 15.2 Å². The molecule has 2 N–H and O–H groups in total. The van der Waals surface area contributed by atoms with E-state index in [1.807, 2.05) is 54.6 Å². The van der Waals surface area contributed by atoms with Crippen LogP contribution in [0.4, 0.5) is 5.69 Å². The van der Waals surface area contributed by atoms with Crippen LogP contribution in [0, 0.1) is 0 Å². The molecule has 0 aliphatic heterocycles. The van der Waals surface area contributed by atoms with E-state index in [0.29, 0.717) is 17.0 Å². The topological polar surface area (TPSA) is 96.9 Å². The number of sulfonamides is 1. The second kappa shape index (κ2) is 10.1. The third kappa shape index (κ3) is 6.06. The van der Waals surface area contributed by atoms with Crippen LogP contribution in [0.25, 0.3) is 0 Å². The lowest BCUT2D eigenvalue weighted by atomic mass is 10.2. The van der Waals surface area contributed by atoms with Gasteiger partial charge in [0, 0.05) is 11.3 Å². The summed E-state index contributed by atoms with van der Waals surface area (Å²) in [6, 6.07) is 26.0. The Bertz CT molecular complexity index is 1340. The molecule has 0 spiro atoms. The molecule has 0 aliphatic carbocycles. The highest BCUT2D eigenvalue weighted by atomic mass is 32.2. The Hall–Kier alpha value is -3.95. The van der Waals surface area contributed by atoms with Crippen molar-refractivity contribution in [2.24, 2.45) is 5.10 Å². The summed E-state index contributed by atoms with van der Waals surface area (Å²) in [7, 11) is -3.63. The van der Waals surface area contributed by atoms with Gasteiger partial charge in [-0.2, -0.15) is 5.10 Å². The van der Waals surface area contributed by atoms with Gasteiger partial charge in [-0.05, 0) is 77.7 Å². The van der Waals surface area contributed by atoms with E-state index in [1.54, 1.807) is 11.4 Å². The third-order valence-corrected chi connectivity index (χ3v) is 7.18. The quantitative estimate of drug-likeness (QED) is 0.272. The molecule has 7 nitrogen and oxygen atoms in total. The summed E-state index contributed by atoms with van der Waals surface area (Å²) in [5, 5.41) is 5.66. The van der Waals surface area contributed by atoms with Gasteiger partial charge in [0.05, 0.1) is 6.21 Å². The molecule has 166 valence electrons. The molecule has 0 unspecified atom stereocenters. The Morgan fingerprint density at radius 3 is 2.21 bits per heavy atom. The highest BCUT2D eigenvalue weighted by Crippen LogP contribution is 2.21. The number of thiophene rings is 1. The molecule has 4 rings (SSSR count). The molecule has 33 heavy (non-hydrogen) atoms. The van der Waals surface area contributed by atoms with Gasteiger partial charge < -0.3 is 4.74 Å². The molecule has 1 amide bonds. The number of rotatable bonds is 8. The second-order valence-corrected chi connectivity index (χ2v) is 9.66. The molecule has 9 heteroatoms. The first kappa shape index (κ1) is 22.3. The van der Waals surface area contributed by atoms with Crippen molar-refractivity contribution in [3.8, 4) is 11.5 Å². The van der Waals surface area contributed by atoms with Crippen molar-refractivity contribution in [2.45, 2.75) is 4.21 Å². The lowest BCUT2D eigenvalue weighted by molar-refractivity contribution is 0.0955. The van der Waals surface area contributed by atoms with Crippen LogP contribution in [0.3, 0.4) is 0 Å². The highest BCUT2D eigenvalue weighted by Gasteiger charge is 2.15. The number of anilines is 1. The molecule has 0 aliphatic rings. The summed E-state index contributed by atoms with van der Waals surface area (Å²) in [6.45, 7) is 0. The predicted molar refractivity (Wildman–Crippen MR) is 130 cm³/mol. The second-order valence-electron chi connectivity index (χ2n) is 6.80. The van der Waals surface area contributed by atoms with E-state index in [4.69, 9.17) is 4.74 Å². The van der Waals surface area contributed by atoms with Crippen molar-refractivity contribution < 1.29 is 17.9 Å². The number of amides is 1. The molecule has 4 aromatic rings. The lowest BCUT2D eigenvalue weighted by Crippen LogP contribution is -2.17. The average Bonchev–Trinajstić information content (AvgIpc) is 3.37. The molecule has 0 saturated heterocycles. The van der Waals surface area contributed by atoms with Gasteiger partial charge in [0.2, 0.25) is 0 Å². The minimum Gasteiger partial charge on any atom is -0.457 e. The molecule has 1 aromatic heterocycles. The Kier molecular flexibility index (Phi) is 6.82. The molecular weight excluding hydrogens is 458 g/mol. The minimum atomic E-state index is -3.63. The van der Waals surface area contributed by atoms with Gasteiger partial charge >= 0.3 is 0 Å². The van der Waals surface area contributed by atoms with Crippen LogP contribution in [0.5, 0.6) is 11.5 Å². The van der Waals surface area contributed by atoms with E-state index in [0.717, 1.165) is 22.6 Å². The molecule has 0 fully saturated rings. The van der Waals surface area contributed by atoms with Crippen molar-refractivity contribution >= 4 is 39.2 Å². The summed E-state index contributed by atoms with van der Waals surface area (Å²) in [4.78, 5) is 12.3. The van der Waals surface area contributed by atoms with Crippen molar-refractivity contribution in [2.75, 3.05) is 4.72 Å². The van der Waals surface area contributed by atoms with Gasteiger partial charge in [0.1, 0.15) is 15.7 Å². The number of carbonyl (C=O) groups is 1. The predicted octanol–water partition coefficient (Wildman–Crippen LogP) is 5.11. The number of ether oxygens (including phenoxy) is 1. The fourth-order valence-corrected chi connectivity index (χ4v) is 4.84. The van der Waals surface area contributed by atoms with E-state index >= 15 is 0 Å². The number of para-hydroxylation sites is 1. The summed E-state index contributed by atoms with van der Waals surface area (Å²) >= 11 is 1.13. The van der Waals surface area contributed by atoms with Crippen LogP contribution in [-0.2, 0) is 10.0 Å². The van der Waals surface area contributed by atoms with Crippen LogP contribution in [0.1, 0.15) is 15.9 Å². The summed E-state index contributed by atoms with van der Waals surface area (Å²) < 4.78 is 33.0. The van der Waals surface area contributed by atoms with Crippen LogP contribution in [0.15, 0.2) is 106 Å². The maximum absolute atomic E-state index is 12.3. The van der Waals surface area contributed by atoms with Crippen molar-refractivity contribution in [3.05, 3.63) is 108 Å². The minimum absolute atomic E-state index is 0.221. The number of hydrogen-bond acceptors (Lipinski definition) is 6. The van der Waals surface area contributed by atoms with E-state index < -0.39 is 15.9 Å². The Morgan fingerprint density at radius 2 is 1.55 bits per heavy atom. The van der Waals surface area contributed by atoms with Crippen LogP contribution in [0.2, 0.25) is 0 Å². The molecule has 0 atom stereocenters. The number of hydrogen-bond donors (Lipinski definition) is 2. The van der Waals surface area contributed by atoms with Gasteiger partial charge in [-0.1, -0.05) is 24.3 Å². The maximum atomic E-state index is 12.3. The fourth-order valence-electron chi connectivity index (χ4n) is 2.79. The van der Waals surface area contributed by atoms with E-state index in [1.165, 1.54) is 36.5 Å². The number of nitrogens with zero attached hydrogens (tertiary/aromatic N) is 1. The molecule has 3 aromatic carbocycles. The third-order valence-electron chi connectivity index (χ3n) is 4.40. The fraction of sp³-hybridized carbons (Fsp3) is 0. The normalized spacial score (nSPS) is 11.3. The molecule has 0 saturated carbocycles. The zero-order valence-corrected chi connectivity index (χ0v) is 18.8. The monoisotopic (exact) mass is 477 g/mol. The zero-order valence-electron chi connectivity index (χ0n) is 17.2. The van der Waals surface area contributed by atoms with E-state index in [9.17, 15) is 13.2 Å². The van der Waals surface area contributed by atoms with Gasteiger partial charge in [-0.3, -0.25) is 9.52 Å². The largest absolute Gasteiger partial charge is 0.457 e. The molecule has 0 bridgehead atoms. The van der Waals surface area contributed by atoms with Gasteiger partial charge in [0.15, 0.2) is 0 Å². The van der Waals surface area contributed by atoms with Crippen molar-refractivity contribution in [1.29, 1.82) is 0 Å². The number of hydrazone groups is 1. The van der Waals surface area contributed by atoms with Crippen molar-refractivity contribution in [1.82, 2.24) is 5.43 Å². The molecule has 1 heterocycles.